The molecule has 2 heterocycles. The Hall–Kier alpha value is -1.75. The molecule has 5 heteroatoms. The molecule has 1 saturated carbocycles. The summed E-state index contributed by atoms with van der Waals surface area (Å²) in [5.74, 6) is 1.73. The second kappa shape index (κ2) is 6.35. The van der Waals surface area contributed by atoms with Gasteiger partial charge in [-0.15, -0.1) is 0 Å². The number of nitrogens with zero attached hydrogens (tertiary/aromatic N) is 3. The van der Waals surface area contributed by atoms with Gasteiger partial charge in [-0.05, 0) is 36.8 Å². The molecule has 0 amide bonds. The summed E-state index contributed by atoms with van der Waals surface area (Å²) in [4.78, 5) is 8.91. The molecule has 21 heavy (non-hydrogen) atoms. The van der Waals surface area contributed by atoms with Crippen molar-refractivity contribution in [1.29, 1.82) is 0 Å². The number of nitrogens with two attached hydrogens (primary N) is 1. The zero-order valence-electron chi connectivity index (χ0n) is 12.5. The van der Waals surface area contributed by atoms with Crippen molar-refractivity contribution in [2.75, 3.05) is 0 Å². The van der Waals surface area contributed by atoms with Gasteiger partial charge in [0.15, 0.2) is 0 Å². The topological polar surface area (TPSA) is 77.8 Å². The van der Waals surface area contributed by atoms with E-state index in [0.29, 0.717) is 17.6 Å². The number of pyridine rings is 1. The van der Waals surface area contributed by atoms with Crippen LogP contribution in [0.2, 0.25) is 0 Å². The normalized spacial score (nSPS) is 22.4. The lowest BCUT2D eigenvalue weighted by Crippen LogP contribution is -2.34. The first-order valence-corrected chi connectivity index (χ1v) is 7.80. The average Bonchev–Trinajstić information content (AvgIpc) is 2.98. The molecule has 5 nitrogen and oxygen atoms in total. The molecule has 0 aromatic carbocycles. The smallest absolute Gasteiger partial charge is 0.227 e. The molecule has 2 atom stereocenters. The van der Waals surface area contributed by atoms with Crippen molar-refractivity contribution >= 4 is 0 Å². The standard InChI is InChI=1S/C16H22N4O/c1-2-11-7-5-9-18-15(11)16-19-14(21-20-16)10-12-6-3-4-8-13(12)17/h5,7,9,12-13H,2-4,6,8,10,17H2,1H3. The van der Waals surface area contributed by atoms with Gasteiger partial charge in [-0.3, -0.25) is 4.98 Å². The fraction of sp³-hybridized carbons (Fsp3) is 0.562. The minimum Gasteiger partial charge on any atom is -0.339 e. The summed E-state index contributed by atoms with van der Waals surface area (Å²) in [6, 6.07) is 4.25. The quantitative estimate of drug-likeness (QED) is 0.935. The largest absolute Gasteiger partial charge is 0.339 e. The Labute approximate surface area is 125 Å². The first kappa shape index (κ1) is 14.2. The van der Waals surface area contributed by atoms with Gasteiger partial charge < -0.3 is 10.3 Å². The van der Waals surface area contributed by atoms with Crippen LogP contribution in [0.15, 0.2) is 22.9 Å². The highest BCUT2D eigenvalue weighted by molar-refractivity contribution is 5.53. The Morgan fingerprint density at radius 1 is 1.33 bits per heavy atom. The van der Waals surface area contributed by atoms with Crippen molar-refractivity contribution in [3.63, 3.8) is 0 Å². The zero-order valence-corrected chi connectivity index (χ0v) is 12.5. The fourth-order valence-corrected chi connectivity index (χ4v) is 3.07. The van der Waals surface area contributed by atoms with Crippen molar-refractivity contribution in [3.05, 3.63) is 29.8 Å². The van der Waals surface area contributed by atoms with E-state index in [4.69, 9.17) is 10.3 Å². The molecule has 1 fully saturated rings. The van der Waals surface area contributed by atoms with Gasteiger partial charge in [-0.1, -0.05) is 31.0 Å². The van der Waals surface area contributed by atoms with E-state index in [-0.39, 0.29) is 6.04 Å². The Balaban J connectivity index is 1.77. The zero-order chi connectivity index (χ0) is 14.7. The first-order chi connectivity index (χ1) is 10.3. The highest BCUT2D eigenvalue weighted by atomic mass is 16.5. The van der Waals surface area contributed by atoms with E-state index >= 15 is 0 Å². The highest BCUT2D eigenvalue weighted by Gasteiger charge is 2.24. The highest BCUT2D eigenvalue weighted by Crippen LogP contribution is 2.26. The van der Waals surface area contributed by atoms with Crippen LogP contribution in [-0.4, -0.2) is 21.2 Å². The lowest BCUT2D eigenvalue weighted by molar-refractivity contribution is 0.273. The second-order valence-corrected chi connectivity index (χ2v) is 5.79. The number of aromatic nitrogens is 3. The Kier molecular flexibility index (Phi) is 4.29. The second-order valence-electron chi connectivity index (χ2n) is 5.79. The van der Waals surface area contributed by atoms with Crippen LogP contribution in [0, 0.1) is 5.92 Å². The number of aryl methyl sites for hydroxylation is 1. The summed E-state index contributed by atoms with van der Waals surface area (Å²) < 4.78 is 5.41. The summed E-state index contributed by atoms with van der Waals surface area (Å²) in [7, 11) is 0. The van der Waals surface area contributed by atoms with Crippen LogP contribution in [0.25, 0.3) is 11.5 Å². The molecule has 1 aliphatic rings. The van der Waals surface area contributed by atoms with Crippen LogP contribution in [0.1, 0.15) is 44.1 Å². The minimum atomic E-state index is 0.259. The fourth-order valence-electron chi connectivity index (χ4n) is 3.07. The molecule has 2 N–H and O–H groups in total. The van der Waals surface area contributed by atoms with Crippen LogP contribution < -0.4 is 5.73 Å². The molecule has 2 unspecified atom stereocenters. The Morgan fingerprint density at radius 2 is 2.19 bits per heavy atom. The van der Waals surface area contributed by atoms with E-state index in [9.17, 15) is 0 Å². The van der Waals surface area contributed by atoms with E-state index in [1.807, 2.05) is 6.07 Å². The average molecular weight is 286 g/mol. The molecule has 0 bridgehead atoms. The van der Waals surface area contributed by atoms with Crippen molar-refractivity contribution in [2.24, 2.45) is 11.7 Å². The van der Waals surface area contributed by atoms with Crippen LogP contribution in [0.5, 0.6) is 0 Å². The summed E-state index contributed by atoms with van der Waals surface area (Å²) in [5.41, 5.74) is 8.15. The summed E-state index contributed by atoms with van der Waals surface area (Å²) in [5, 5.41) is 4.10. The van der Waals surface area contributed by atoms with Crippen molar-refractivity contribution in [3.8, 4) is 11.5 Å². The summed E-state index contributed by atoms with van der Waals surface area (Å²) >= 11 is 0. The molecule has 2 aromatic rings. The van der Waals surface area contributed by atoms with Gasteiger partial charge in [0.2, 0.25) is 11.7 Å². The summed E-state index contributed by atoms with van der Waals surface area (Å²) in [6.45, 7) is 2.10. The van der Waals surface area contributed by atoms with Crippen molar-refractivity contribution in [2.45, 2.75) is 51.5 Å². The van der Waals surface area contributed by atoms with E-state index in [1.54, 1.807) is 6.20 Å². The third-order valence-electron chi connectivity index (χ3n) is 4.36. The maximum atomic E-state index is 6.19. The SMILES string of the molecule is CCc1cccnc1-c1noc(CC2CCCCC2N)n1. The Morgan fingerprint density at radius 3 is 3.00 bits per heavy atom. The van der Waals surface area contributed by atoms with E-state index < -0.39 is 0 Å². The van der Waals surface area contributed by atoms with Gasteiger partial charge >= 0.3 is 0 Å². The molecular formula is C16H22N4O. The molecule has 0 aliphatic heterocycles. The van der Waals surface area contributed by atoms with Gasteiger partial charge in [0.05, 0.1) is 0 Å². The van der Waals surface area contributed by atoms with E-state index in [1.165, 1.54) is 12.8 Å². The van der Waals surface area contributed by atoms with Gasteiger partial charge in [0, 0.05) is 18.7 Å². The molecule has 112 valence electrons. The van der Waals surface area contributed by atoms with Crippen LogP contribution in [-0.2, 0) is 12.8 Å². The maximum Gasteiger partial charge on any atom is 0.227 e. The van der Waals surface area contributed by atoms with Gasteiger partial charge in [-0.2, -0.15) is 4.98 Å². The van der Waals surface area contributed by atoms with Crippen LogP contribution in [0.3, 0.4) is 0 Å². The van der Waals surface area contributed by atoms with Gasteiger partial charge in [0.25, 0.3) is 0 Å². The van der Waals surface area contributed by atoms with E-state index in [2.05, 4.69) is 28.1 Å². The molecule has 0 radical (unpaired) electrons. The third-order valence-corrected chi connectivity index (χ3v) is 4.36. The lowest BCUT2D eigenvalue weighted by atomic mass is 9.83. The Bertz CT molecular complexity index is 595. The summed E-state index contributed by atoms with van der Waals surface area (Å²) in [6.07, 6.45) is 8.19. The third kappa shape index (κ3) is 3.13. The van der Waals surface area contributed by atoms with Crippen LogP contribution in [0.4, 0.5) is 0 Å². The molecule has 0 spiro atoms. The molecule has 3 rings (SSSR count). The number of hydrogen-bond acceptors (Lipinski definition) is 5. The monoisotopic (exact) mass is 286 g/mol. The van der Waals surface area contributed by atoms with Crippen LogP contribution >= 0.6 is 0 Å². The molecule has 1 aliphatic carbocycles. The number of hydrogen-bond donors (Lipinski definition) is 1. The van der Waals surface area contributed by atoms with Crippen molar-refractivity contribution in [1.82, 2.24) is 15.1 Å². The minimum absolute atomic E-state index is 0.259. The lowest BCUT2D eigenvalue weighted by Gasteiger charge is -2.27. The van der Waals surface area contributed by atoms with Crippen molar-refractivity contribution < 1.29 is 4.52 Å². The predicted octanol–water partition coefficient (Wildman–Crippen LogP) is 2.75. The van der Waals surface area contributed by atoms with E-state index in [0.717, 1.165) is 36.9 Å². The van der Waals surface area contributed by atoms with Gasteiger partial charge in [0.1, 0.15) is 5.69 Å². The molecular weight excluding hydrogens is 264 g/mol. The number of rotatable bonds is 4. The maximum absolute atomic E-state index is 6.19. The molecule has 2 aromatic heterocycles. The predicted molar refractivity (Wildman–Crippen MR) is 80.5 cm³/mol. The first-order valence-electron chi connectivity index (χ1n) is 7.80. The molecule has 0 saturated heterocycles. The van der Waals surface area contributed by atoms with Gasteiger partial charge in [-0.25, -0.2) is 0 Å².